The third-order valence-corrected chi connectivity index (χ3v) is 7.91. The number of carbonyl (C=O) groups excluding carboxylic acids is 2. The van der Waals surface area contributed by atoms with E-state index in [4.69, 9.17) is 4.74 Å². The maximum absolute atomic E-state index is 13.1. The van der Waals surface area contributed by atoms with Crippen molar-refractivity contribution in [2.24, 2.45) is 23.9 Å². The minimum Gasteiger partial charge on any atom is -0.462 e. The zero-order chi connectivity index (χ0) is 24.9. The summed E-state index contributed by atoms with van der Waals surface area (Å²) in [6.07, 6.45) is 0. The van der Waals surface area contributed by atoms with Crippen LogP contribution in [0.5, 0.6) is 0 Å². The monoisotopic (exact) mass is 495 g/mol. The topological polar surface area (TPSA) is 98.0 Å². The zero-order valence-electron chi connectivity index (χ0n) is 20.3. The fourth-order valence-electron chi connectivity index (χ4n) is 3.17. The molecule has 1 aromatic heterocycles. The van der Waals surface area contributed by atoms with E-state index in [1.807, 2.05) is 27.7 Å². The highest BCUT2D eigenvalue weighted by atomic mass is 32.2. The Bertz CT molecular complexity index is 1150. The number of ether oxygens (including phenoxy) is 1. The standard InChI is InChI=1S/C23H33N3O5S2/c1-8-31-22(28)20-17(6)25(7)23(32-20)24-21(27)18-9-11-19(12-10-18)33(29,30)26(13-15(2)3)14-16(4)5/h9-12,15-16H,8,13-14H2,1-7H3. The van der Waals surface area contributed by atoms with Gasteiger partial charge in [0.05, 0.1) is 11.5 Å². The summed E-state index contributed by atoms with van der Waals surface area (Å²) in [5, 5.41) is 0. The highest BCUT2D eigenvalue weighted by molar-refractivity contribution is 7.89. The quantitative estimate of drug-likeness (QED) is 0.495. The Balaban J connectivity index is 2.34. The van der Waals surface area contributed by atoms with Crippen LogP contribution in [-0.4, -0.2) is 48.9 Å². The van der Waals surface area contributed by atoms with Crippen molar-refractivity contribution in [3.63, 3.8) is 0 Å². The Morgan fingerprint density at radius 1 is 1.09 bits per heavy atom. The average Bonchev–Trinajstić information content (AvgIpc) is 3.01. The second-order valence-electron chi connectivity index (χ2n) is 8.63. The van der Waals surface area contributed by atoms with Gasteiger partial charge in [-0.1, -0.05) is 39.0 Å². The Labute approximate surface area is 200 Å². The van der Waals surface area contributed by atoms with Crippen molar-refractivity contribution in [1.82, 2.24) is 8.87 Å². The van der Waals surface area contributed by atoms with E-state index in [9.17, 15) is 18.0 Å². The number of carbonyl (C=O) groups is 2. The molecule has 0 saturated carbocycles. The van der Waals surface area contributed by atoms with Gasteiger partial charge in [-0.3, -0.25) is 4.79 Å². The van der Waals surface area contributed by atoms with E-state index in [0.717, 1.165) is 11.3 Å². The van der Waals surface area contributed by atoms with Gasteiger partial charge < -0.3 is 9.30 Å². The maximum atomic E-state index is 13.1. The first kappa shape index (κ1) is 26.9. The van der Waals surface area contributed by atoms with E-state index in [0.29, 0.717) is 28.5 Å². The lowest BCUT2D eigenvalue weighted by molar-refractivity contribution is 0.0530. The van der Waals surface area contributed by atoms with Crippen LogP contribution in [0.1, 0.15) is 60.3 Å². The summed E-state index contributed by atoms with van der Waals surface area (Å²) < 4.78 is 34.5. The minimum atomic E-state index is -3.68. The van der Waals surface area contributed by atoms with Crippen LogP contribution in [0, 0.1) is 18.8 Å². The maximum Gasteiger partial charge on any atom is 0.350 e. The molecule has 10 heteroatoms. The Morgan fingerprint density at radius 3 is 2.12 bits per heavy atom. The molecule has 0 aliphatic heterocycles. The van der Waals surface area contributed by atoms with Gasteiger partial charge >= 0.3 is 5.97 Å². The molecule has 0 aliphatic carbocycles. The molecule has 2 aromatic rings. The van der Waals surface area contributed by atoms with E-state index >= 15 is 0 Å². The van der Waals surface area contributed by atoms with Gasteiger partial charge in [-0.25, -0.2) is 13.2 Å². The van der Waals surface area contributed by atoms with Gasteiger partial charge in [0.2, 0.25) is 10.0 Å². The van der Waals surface area contributed by atoms with Gasteiger partial charge in [0.15, 0.2) is 4.80 Å². The molecule has 2 rings (SSSR count). The second-order valence-corrected chi connectivity index (χ2v) is 11.5. The number of esters is 1. The molecule has 182 valence electrons. The Kier molecular flexibility index (Phi) is 9.16. The SMILES string of the molecule is CCOC(=O)c1sc(=NC(=O)c2ccc(S(=O)(=O)N(CC(C)C)CC(C)C)cc2)n(C)c1C. The number of aromatic nitrogens is 1. The van der Waals surface area contributed by atoms with Crippen LogP contribution in [0.25, 0.3) is 0 Å². The lowest BCUT2D eigenvalue weighted by Gasteiger charge is -2.25. The number of benzene rings is 1. The number of amides is 1. The van der Waals surface area contributed by atoms with Gasteiger partial charge in [-0.05, 0) is 49.9 Å². The van der Waals surface area contributed by atoms with Crippen molar-refractivity contribution in [1.29, 1.82) is 0 Å². The highest BCUT2D eigenvalue weighted by Crippen LogP contribution is 2.20. The average molecular weight is 496 g/mol. The predicted molar refractivity (Wildman–Crippen MR) is 129 cm³/mol. The molecular formula is C23H33N3O5S2. The molecule has 0 bridgehead atoms. The summed E-state index contributed by atoms with van der Waals surface area (Å²) in [5.41, 5.74) is 0.916. The van der Waals surface area contributed by atoms with Gasteiger partial charge in [-0.15, -0.1) is 0 Å². The Hall–Kier alpha value is -2.30. The zero-order valence-corrected chi connectivity index (χ0v) is 21.9. The molecule has 0 saturated heterocycles. The third kappa shape index (κ3) is 6.61. The number of sulfonamides is 1. The lowest BCUT2D eigenvalue weighted by atomic mass is 10.2. The minimum absolute atomic E-state index is 0.141. The summed E-state index contributed by atoms with van der Waals surface area (Å²) in [4.78, 5) is 29.8. The first-order valence-corrected chi connectivity index (χ1v) is 13.2. The van der Waals surface area contributed by atoms with Crippen LogP contribution < -0.4 is 4.80 Å². The van der Waals surface area contributed by atoms with E-state index < -0.39 is 21.9 Å². The summed E-state index contributed by atoms with van der Waals surface area (Å²) in [5.74, 6) is -0.598. The first-order valence-electron chi connectivity index (χ1n) is 10.9. The molecule has 1 amide bonds. The molecule has 0 radical (unpaired) electrons. The fourth-order valence-corrected chi connectivity index (χ4v) is 5.95. The van der Waals surface area contributed by atoms with Crippen LogP contribution in [0.3, 0.4) is 0 Å². The van der Waals surface area contributed by atoms with Gasteiger partial charge in [0.1, 0.15) is 4.88 Å². The molecular weight excluding hydrogens is 462 g/mol. The van der Waals surface area contributed by atoms with E-state index in [1.54, 1.807) is 25.5 Å². The van der Waals surface area contributed by atoms with Crippen molar-refractivity contribution in [2.45, 2.75) is 46.4 Å². The Morgan fingerprint density at radius 2 is 1.64 bits per heavy atom. The summed E-state index contributed by atoms with van der Waals surface area (Å²) in [6.45, 7) is 12.5. The molecule has 0 N–H and O–H groups in total. The van der Waals surface area contributed by atoms with Crippen molar-refractivity contribution in [3.8, 4) is 0 Å². The summed E-state index contributed by atoms with van der Waals surface area (Å²) >= 11 is 1.08. The summed E-state index contributed by atoms with van der Waals surface area (Å²) in [7, 11) is -1.96. The molecule has 0 unspecified atom stereocenters. The van der Waals surface area contributed by atoms with Crippen LogP contribution in [0.15, 0.2) is 34.2 Å². The van der Waals surface area contributed by atoms with Crippen molar-refractivity contribution in [2.75, 3.05) is 19.7 Å². The van der Waals surface area contributed by atoms with Gasteiger partial charge in [-0.2, -0.15) is 9.30 Å². The largest absolute Gasteiger partial charge is 0.462 e. The van der Waals surface area contributed by atoms with Crippen molar-refractivity contribution in [3.05, 3.63) is 45.2 Å². The molecule has 33 heavy (non-hydrogen) atoms. The van der Waals surface area contributed by atoms with E-state index in [-0.39, 0.29) is 28.9 Å². The summed E-state index contributed by atoms with van der Waals surface area (Å²) in [6, 6.07) is 5.81. The first-order chi connectivity index (χ1) is 15.4. The number of hydrogen-bond donors (Lipinski definition) is 0. The van der Waals surface area contributed by atoms with Crippen LogP contribution in [0.2, 0.25) is 0 Å². The molecule has 0 atom stereocenters. The molecule has 0 fully saturated rings. The number of nitrogens with zero attached hydrogens (tertiary/aromatic N) is 3. The number of rotatable bonds is 9. The van der Waals surface area contributed by atoms with Crippen molar-refractivity contribution >= 4 is 33.2 Å². The van der Waals surface area contributed by atoms with Crippen LogP contribution in [-0.2, 0) is 21.8 Å². The van der Waals surface area contributed by atoms with Crippen LogP contribution >= 0.6 is 11.3 Å². The molecule has 1 heterocycles. The smallest absolute Gasteiger partial charge is 0.350 e. The number of hydrogen-bond acceptors (Lipinski definition) is 6. The predicted octanol–water partition coefficient (Wildman–Crippen LogP) is 3.62. The fraction of sp³-hybridized carbons (Fsp3) is 0.522. The van der Waals surface area contributed by atoms with Crippen LogP contribution in [0.4, 0.5) is 0 Å². The molecule has 0 spiro atoms. The third-order valence-electron chi connectivity index (χ3n) is 4.85. The lowest BCUT2D eigenvalue weighted by Crippen LogP contribution is -2.37. The number of thiazole rings is 1. The highest BCUT2D eigenvalue weighted by Gasteiger charge is 2.26. The van der Waals surface area contributed by atoms with Gasteiger partial charge in [0, 0.05) is 31.4 Å². The molecule has 0 aliphatic rings. The molecule has 8 nitrogen and oxygen atoms in total. The second kappa shape index (κ2) is 11.2. The van der Waals surface area contributed by atoms with Gasteiger partial charge in [0.25, 0.3) is 5.91 Å². The van der Waals surface area contributed by atoms with Crippen molar-refractivity contribution < 1.29 is 22.7 Å². The van der Waals surface area contributed by atoms with E-state index in [2.05, 4.69) is 4.99 Å². The normalized spacial score (nSPS) is 12.7. The van der Waals surface area contributed by atoms with E-state index in [1.165, 1.54) is 28.6 Å². The molecule has 1 aromatic carbocycles.